The molecule has 2 amide bonds. The van der Waals surface area contributed by atoms with E-state index in [-0.39, 0.29) is 6.03 Å². The molecule has 1 N–H and O–H groups in total. The maximum atomic E-state index is 12.6. The molecule has 0 radical (unpaired) electrons. The van der Waals surface area contributed by atoms with Gasteiger partial charge in [0.1, 0.15) is 6.33 Å². The molecule has 1 aromatic rings. The molecule has 0 aliphatic carbocycles. The van der Waals surface area contributed by atoms with E-state index in [0.717, 1.165) is 38.2 Å². The lowest BCUT2D eigenvalue weighted by Crippen LogP contribution is -2.47. The second kappa shape index (κ2) is 9.86. The van der Waals surface area contributed by atoms with Crippen molar-refractivity contribution in [1.29, 1.82) is 0 Å². The molecule has 2 saturated heterocycles. The first kappa shape index (κ1) is 19.1. The number of amides is 2. The highest BCUT2D eigenvalue weighted by molar-refractivity contribution is 5.74. The molecule has 1 atom stereocenters. The average molecular weight is 360 g/mol. The van der Waals surface area contributed by atoms with Gasteiger partial charge in [-0.15, -0.1) is 0 Å². The van der Waals surface area contributed by atoms with Crippen LogP contribution in [-0.4, -0.2) is 65.1 Å². The lowest BCUT2D eigenvalue weighted by molar-refractivity contribution is 0.163. The number of nitrogens with zero attached hydrogens (tertiary/aromatic N) is 4. The second-order valence-corrected chi connectivity index (χ2v) is 7.74. The van der Waals surface area contributed by atoms with Crippen molar-refractivity contribution in [3.63, 3.8) is 0 Å². The highest BCUT2D eigenvalue weighted by Crippen LogP contribution is 2.25. The van der Waals surface area contributed by atoms with Crippen molar-refractivity contribution in [3.05, 3.63) is 24.3 Å². The van der Waals surface area contributed by atoms with Crippen LogP contribution in [0.2, 0.25) is 0 Å². The summed E-state index contributed by atoms with van der Waals surface area (Å²) in [7, 11) is 0. The number of hydrogen-bond acceptors (Lipinski definition) is 4. The van der Waals surface area contributed by atoms with E-state index in [0.29, 0.717) is 11.8 Å². The Morgan fingerprint density at radius 1 is 1.27 bits per heavy atom. The molecule has 2 fully saturated rings. The minimum Gasteiger partial charge on any atom is -0.338 e. The Hall–Kier alpha value is -1.69. The standard InChI is InChI=1S/C20H33N5O/c1-2-3-10-24-12-7-17(8-13-24)14-22-20(26)25-11-4-5-18(15-25)19-6-9-21-16-23-19/h6,9,16-18H,2-5,7-8,10-15H2,1H3,(H,22,26)/t18-/m1/s1. The van der Waals surface area contributed by atoms with Gasteiger partial charge < -0.3 is 15.1 Å². The smallest absolute Gasteiger partial charge is 0.317 e. The van der Waals surface area contributed by atoms with E-state index in [1.165, 1.54) is 45.3 Å². The van der Waals surface area contributed by atoms with Crippen LogP contribution in [0.5, 0.6) is 0 Å². The summed E-state index contributed by atoms with van der Waals surface area (Å²) in [4.78, 5) is 25.5. The quantitative estimate of drug-likeness (QED) is 0.848. The van der Waals surface area contributed by atoms with Crippen LogP contribution >= 0.6 is 0 Å². The molecule has 6 heteroatoms. The highest BCUT2D eigenvalue weighted by Gasteiger charge is 2.26. The summed E-state index contributed by atoms with van der Waals surface area (Å²) in [6.45, 7) is 8.27. The van der Waals surface area contributed by atoms with Gasteiger partial charge in [0.15, 0.2) is 0 Å². The number of carbonyl (C=O) groups is 1. The Kier molecular flexibility index (Phi) is 7.23. The van der Waals surface area contributed by atoms with Crippen LogP contribution in [0, 0.1) is 5.92 Å². The molecule has 0 unspecified atom stereocenters. The van der Waals surface area contributed by atoms with Crippen molar-refractivity contribution in [2.75, 3.05) is 39.3 Å². The third-order valence-electron chi connectivity index (χ3n) is 5.81. The van der Waals surface area contributed by atoms with Crippen molar-refractivity contribution >= 4 is 6.03 Å². The van der Waals surface area contributed by atoms with E-state index in [1.54, 1.807) is 12.5 Å². The maximum Gasteiger partial charge on any atom is 0.317 e. The molecule has 3 rings (SSSR count). The molecule has 26 heavy (non-hydrogen) atoms. The SMILES string of the molecule is CCCCN1CCC(CNC(=O)N2CCC[C@@H](c3ccncn3)C2)CC1. The van der Waals surface area contributed by atoms with E-state index in [2.05, 4.69) is 27.1 Å². The van der Waals surface area contributed by atoms with Crippen molar-refractivity contribution in [1.82, 2.24) is 25.1 Å². The van der Waals surface area contributed by atoms with Gasteiger partial charge >= 0.3 is 6.03 Å². The van der Waals surface area contributed by atoms with E-state index in [4.69, 9.17) is 0 Å². The van der Waals surface area contributed by atoms with Crippen LogP contribution in [0.1, 0.15) is 57.1 Å². The van der Waals surface area contributed by atoms with Gasteiger partial charge in [-0.2, -0.15) is 0 Å². The van der Waals surface area contributed by atoms with Gasteiger partial charge in [-0.3, -0.25) is 0 Å². The lowest BCUT2D eigenvalue weighted by atomic mass is 9.94. The Morgan fingerprint density at radius 3 is 2.85 bits per heavy atom. The highest BCUT2D eigenvalue weighted by atomic mass is 16.2. The van der Waals surface area contributed by atoms with Gasteiger partial charge in [0.25, 0.3) is 0 Å². The molecular formula is C20H33N5O. The van der Waals surface area contributed by atoms with Crippen LogP contribution in [0.25, 0.3) is 0 Å². The predicted molar refractivity (Wildman–Crippen MR) is 103 cm³/mol. The Morgan fingerprint density at radius 2 is 2.12 bits per heavy atom. The number of piperidine rings is 2. The summed E-state index contributed by atoms with van der Waals surface area (Å²) in [5.41, 5.74) is 1.05. The Bertz CT molecular complexity index is 544. The summed E-state index contributed by atoms with van der Waals surface area (Å²) in [5, 5.41) is 3.19. The summed E-state index contributed by atoms with van der Waals surface area (Å²) in [5.74, 6) is 0.957. The molecule has 2 aliphatic rings. The average Bonchev–Trinajstić information content (AvgIpc) is 2.72. The second-order valence-electron chi connectivity index (χ2n) is 7.74. The molecule has 0 spiro atoms. The number of carbonyl (C=O) groups excluding carboxylic acids is 1. The molecule has 144 valence electrons. The van der Waals surface area contributed by atoms with E-state index in [9.17, 15) is 4.79 Å². The van der Waals surface area contributed by atoms with E-state index >= 15 is 0 Å². The number of hydrogen-bond donors (Lipinski definition) is 1. The number of nitrogens with one attached hydrogen (secondary N) is 1. The van der Waals surface area contributed by atoms with Crippen molar-refractivity contribution in [3.8, 4) is 0 Å². The molecule has 3 heterocycles. The van der Waals surface area contributed by atoms with Gasteiger partial charge in [0.05, 0.1) is 0 Å². The Labute approximate surface area is 157 Å². The van der Waals surface area contributed by atoms with Crippen LogP contribution in [-0.2, 0) is 0 Å². The zero-order chi connectivity index (χ0) is 18.2. The van der Waals surface area contributed by atoms with Gasteiger partial charge in [0, 0.05) is 37.4 Å². The topological polar surface area (TPSA) is 61.4 Å². The largest absolute Gasteiger partial charge is 0.338 e. The van der Waals surface area contributed by atoms with E-state index < -0.39 is 0 Å². The van der Waals surface area contributed by atoms with Gasteiger partial charge in [-0.1, -0.05) is 13.3 Å². The minimum absolute atomic E-state index is 0.0946. The number of rotatable bonds is 6. The summed E-state index contributed by atoms with van der Waals surface area (Å²) in [6, 6.07) is 2.07. The zero-order valence-electron chi connectivity index (χ0n) is 16.1. The van der Waals surface area contributed by atoms with Crippen molar-refractivity contribution in [2.24, 2.45) is 5.92 Å². The molecule has 6 nitrogen and oxygen atoms in total. The summed E-state index contributed by atoms with van der Waals surface area (Å²) >= 11 is 0. The number of aromatic nitrogens is 2. The molecule has 2 aliphatic heterocycles. The van der Waals surface area contributed by atoms with E-state index in [1.807, 2.05) is 11.0 Å². The van der Waals surface area contributed by atoms with Crippen LogP contribution < -0.4 is 5.32 Å². The third kappa shape index (κ3) is 5.40. The predicted octanol–water partition coefficient (Wildman–Crippen LogP) is 2.88. The zero-order valence-corrected chi connectivity index (χ0v) is 16.1. The van der Waals surface area contributed by atoms with Crippen LogP contribution in [0.4, 0.5) is 4.79 Å². The summed E-state index contributed by atoms with van der Waals surface area (Å²) in [6.07, 6.45) is 10.5. The number of unbranched alkanes of at least 4 members (excludes halogenated alkanes) is 1. The molecular weight excluding hydrogens is 326 g/mol. The molecule has 1 aromatic heterocycles. The monoisotopic (exact) mass is 359 g/mol. The first-order valence-electron chi connectivity index (χ1n) is 10.3. The van der Waals surface area contributed by atoms with Crippen LogP contribution in [0.3, 0.4) is 0 Å². The number of urea groups is 1. The van der Waals surface area contributed by atoms with Gasteiger partial charge in [-0.05, 0) is 63.7 Å². The number of likely N-dealkylation sites (tertiary alicyclic amines) is 2. The fraction of sp³-hybridized carbons (Fsp3) is 0.750. The lowest BCUT2D eigenvalue weighted by Gasteiger charge is -2.34. The molecule has 0 saturated carbocycles. The first-order valence-corrected chi connectivity index (χ1v) is 10.3. The molecule has 0 bridgehead atoms. The minimum atomic E-state index is 0.0946. The van der Waals surface area contributed by atoms with Crippen molar-refractivity contribution in [2.45, 2.75) is 51.4 Å². The van der Waals surface area contributed by atoms with Gasteiger partial charge in [0.2, 0.25) is 0 Å². The fourth-order valence-corrected chi connectivity index (χ4v) is 4.08. The van der Waals surface area contributed by atoms with Crippen molar-refractivity contribution < 1.29 is 4.79 Å². The Balaban J connectivity index is 1.40. The fourth-order valence-electron chi connectivity index (χ4n) is 4.08. The maximum absolute atomic E-state index is 12.6. The normalized spacial score (nSPS) is 22.3. The first-order chi connectivity index (χ1) is 12.8. The summed E-state index contributed by atoms with van der Waals surface area (Å²) < 4.78 is 0. The van der Waals surface area contributed by atoms with Crippen LogP contribution in [0.15, 0.2) is 18.6 Å². The van der Waals surface area contributed by atoms with Gasteiger partial charge in [-0.25, -0.2) is 14.8 Å². The third-order valence-corrected chi connectivity index (χ3v) is 5.81. The molecule has 0 aromatic carbocycles.